The molecule has 0 aliphatic rings. The van der Waals surface area contributed by atoms with Gasteiger partial charge in [-0.15, -0.1) is 0 Å². The van der Waals surface area contributed by atoms with Crippen LogP contribution >= 0.6 is 7.82 Å². The fourth-order valence-corrected chi connectivity index (χ4v) is 3.35. The quantitative estimate of drug-likeness (QED) is 0.108. The van der Waals surface area contributed by atoms with Crippen molar-refractivity contribution >= 4 is 7.82 Å². The van der Waals surface area contributed by atoms with E-state index >= 15 is 0 Å². The van der Waals surface area contributed by atoms with Crippen LogP contribution in [0.5, 0.6) is 0 Å². The minimum atomic E-state index is -4.26. The molecule has 0 heterocycles. The van der Waals surface area contributed by atoms with Crippen LogP contribution in [0.25, 0.3) is 0 Å². The molecule has 0 aliphatic carbocycles. The lowest BCUT2D eigenvalue weighted by molar-refractivity contribution is 0.0697. The van der Waals surface area contributed by atoms with E-state index in [-0.39, 0.29) is 6.61 Å². The third kappa shape index (κ3) is 27.9. The average molecular weight is 472 g/mol. The number of nitrogens with two attached hydrogens (primary N) is 1. The number of phosphoric acid groups is 1. The number of aliphatic hydroxyl groups is 3. The van der Waals surface area contributed by atoms with Crippen molar-refractivity contribution in [1.82, 2.24) is 0 Å². The molecular formula is C22H50NO7P. The van der Waals surface area contributed by atoms with E-state index in [0.717, 1.165) is 19.3 Å². The predicted molar refractivity (Wildman–Crippen MR) is 126 cm³/mol. The first-order valence-electron chi connectivity index (χ1n) is 12.1. The Bertz CT molecular complexity index is 395. The number of phosphoric ester groups is 1. The van der Waals surface area contributed by atoms with E-state index < -0.39 is 33.2 Å². The molecule has 0 aliphatic heterocycles. The zero-order valence-corrected chi connectivity index (χ0v) is 20.6. The lowest BCUT2D eigenvalue weighted by Crippen LogP contribution is -2.50. The summed E-state index contributed by atoms with van der Waals surface area (Å²) in [5.41, 5.74) is 3.94. The lowest BCUT2D eigenvalue weighted by Gasteiger charge is -2.20. The number of unbranched alkanes of at least 4 members (excludes halogenated alkanes) is 15. The molecule has 0 spiro atoms. The number of hydrogen-bond donors (Lipinski definition) is 6. The van der Waals surface area contributed by atoms with Crippen LogP contribution in [0.4, 0.5) is 0 Å². The summed E-state index contributed by atoms with van der Waals surface area (Å²) in [5.74, 6) is 0. The van der Waals surface area contributed by atoms with E-state index in [9.17, 15) is 4.57 Å². The Hall–Kier alpha value is -0.0500. The molecule has 0 aromatic carbocycles. The molecule has 0 radical (unpaired) electrons. The molecule has 9 heteroatoms. The van der Waals surface area contributed by atoms with E-state index in [4.69, 9.17) is 30.8 Å². The molecule has 0 aromatic rings. The van der Waals surface area contributed by atoms with E-state index in [1.807, 2.05) is 0 Å². The van der Waals surface area contributed by atoms with E-state index in [1.165, 1.54) is 83.5 Å². The molecule has 0 saturated heterocycles. The van der Waals surface area contributed by atoms with Gasteiger partial charge in [-0.05, 0) is 6.42 Å². The summed E-state index contributed by atoms with van der Waals surface area (Å²) in [6.07, 6.45) is 20.7. The maximum Gasteiger partial charge on any atom is 0.469 e. The highest BCUT2D eigenvalue weighted by Crippen LogP contribution is 2.35. The molecule has 0 saturated carbocycles. The van der Waals surface area contributed by atoms with Gasteiger partial charge in [-0.3, -0.25) is 4.52 Å². The zero-order chi connectivity index (χ0) is 23.8. The van der Waals surface area contributed by atoms with Gasteiger partial charge in [-0.25, -0.2) is 4.57 Å². The van der Waals surface area contributed by atoms with Gasteiger partial charge in [0.2, 0.25) is 0 Å². The van der Waals surface area contributed by atoms with Gasteiger partial charge in [-0.1, -0.05) is 103 Å². The van der Waals surface area contributed by atoms with Crippen LogP contribution in [-0.4, -0.2) is 57.1 Å². The summed E-state index contributed by atoms with van der Waals surface area (Å²) in [5, 5.41) is 25.0. The largest absolute Gasteiger partial charge is 0.469 e. The summed E-state index contributed by atoms with van der Waals surface area (Å²) in [6.45, 7) is 1.23. The fourth-order valence-electron chi connectivity index (χ4n) is 2.98. The van der Waals surface area contributed by atoms with Gasteiger partial charge in [0.05, 0.1) is 32.0 Å². The van der Waals surface area contributed by atoms with E-state index in [0.29, 0.717) is 0 Å². The van der Waals surface area contributed by atoms with Crippen LogP contribution < -0.4 is 5.73 Å². The summed E-state index contributed by atoms with van der Waals surface area (Å²) in [6, 6.07) is 0. The standard InChI is InChI=1S/C18H39O4P.C4H11NO3/c1-2-3-4-5-6-7-8-9-10-11-12-13-14-15-16-17-18-22-23(19,20)21;5-4(1-6,2-7)3-8/h2-18H2,1H3,(H2,19,20,21);6-8H,1-3,5H2. The van der Waals surface area contributed by atoms with Crippen LogP contribution in [-0.2, 0) is 9.09 Å². The second kappa shape index (κ2) is 23.1. The smallest absolute Gasteiger partial charge is 0.394 e. The van der Waals surface area contributed by atoms with Gasteiger partial charge < -0.3 is 30.8 Å². The average Bonchev–Trinajstić information content (AvgIpc) is 2.75. The van der Waals surface area contributed by atoms with Crippen molar-refractivity contribution in [3.8, 4) is 0 Å². The second-order valence-electron chi connectivity index (χ2n) is 8.46. The topological polar surface area (TPSA) is 153 Å². The molecule has 8 nitrogen and oxygen atoms in total. The van der Waals surface area contributed by atoms with Crippen molar-refractivity contribution in [3.63, 3.8) is 0 Å². The summed E-state index contributed by atoms with van der Waals surface area (Å²) >= 11 is 0. The normalized spacial score (nSPS) is 12.0. The molecule has 0 amide bonds. The van der Waals surface area contributed by atoms with Gasteiger partial charge in [0.15, 0.2) is 0 Å². The zero-order valence-electron chi connectivity index (χ0n) is 19.7. The lowest BCUT2D eigenvalue weighted by atomic mass is 10.0. The van der Waals surface area contributed by atoms with Gasteiger partial charge in [0.25, 0.3) is 0 Å². The molecule has 0 rings (SSSR count). The van der Waals surface area contributed by atoms with Gasteiger partial charge in [0, 0.05) is 0 Å². The van der Waals surface area contributed by atoms with Crippen LogP contribution in [0.1, 0.15) is 110 Å². The highest BCUT2D eigenvalue weighted by molar-refractivity contribution is 7.46. The van der Waals surface area contributed by atoms with Crippen LogP contribution in [0.3, 0.4) is 0 Å². The number of hydrogen-bond acceptors (Lipinski definition) is 6. The summed E-state index contributed by atoms with van der Waals surface area (Å²) < 4.78 is 14.9. The van der Waals surface area contributed by atoms with Gasteiger partial charge in [-0.2, -0.15) is 0 Å². The highest BCUT2D eigenvalue weighted by Gasteiger charge is 2.20. The Labute approximate surface area is 189 Å². The monoisotopic (exact) mass is 471 g/mol. The molecule has 0 aromatic heterocycles. The van der Waals surface area contributed by atoms with Crippen LogP contribution in [0, 0.1) is 0 Å². The summed E-state index contributed by atoms with van der Waals surface area (Å²) in [7, 11) is -4.26. The molecular weight excluding hydrogens is 421 g/mol. The Morgan fingerprint density at radius 2 is 0.935 bits per heavy atom. The van der Waals surface area contributed by atoms with Gasteiger partial charge in [0.1, 0.15) is 0 Å². The van der Waals surface area contributed by atoms with Crippen LogP contribution in [0.2, 0.25) is 0 Å². The Morgan fingerprint density at radius 1 is 0.645 bits per heavy atom. The van der Waals surface area contributed by atoms with Gasteiger partial charge >= 0.3 is 7.82 Å². The molecule has 190 valence electrons. The van der Waals surface area contributed by atoms with Crippen molar-refractivity contribution in [3.05, 3.63) is 0 Å². The first kappa shape index (κ1) is 33.1. The molecule has 0 fully saturated rings. The van der Waals surface area contributed by atoms with Crippen molar-refractivity contribution in [2.24, 2.45) is 5.73 Å². The maximum atomic E-state index is 10.5. The van der Waals surface area contributed by atoms with Crippen molar-refractivity contribution in [1.29, 1.82) is 0 Å². The Morgan fingerprint density at radius 3 is 1.16 bits per heavy atom. The minimum absolute atomic E-state index is 0.169. The minimum Gasteiger partial charge on any atom is -0.394 e. The fraction of sp³-hybridized carbons (Fsp3) is 1.00. The Balaban J connectivity index is 0. The second-order valence-corrected chi connectivity index (χ2v) is 9.70. The third-order valence-corrected chi connectivity index (χ3v) is 5.72. The molecule has 7 N–H and O–H groups in total. The first-order chi connectivity index (χ1) is 14.7. The molecule has 0 bridgehead atoms. The Kier molecular flexibility index (Phi) is 24.7. The number of rotatable bonds is 21. The maximum absolute atomic E-state index is 10.5. The number of aliphatic hydroxyl groups excluding tert-OH is 3. The van der Waals surface area contributed by atoms with E-state index in [2.05, 4.69) is 11.4 Å². The summed E-state index contributed by atoms with van der Waals surface area (Å²) in [4.78, 5) is 17.1. The first-order valence-corrected chi connectivity index (χ1v) is 13.6. The van der Waals surface area contributed by atoms with Crippen molar-refractivity contribution in [2.45, 2.75) is 115 Å². The molecule has 0 atom stereocenters. The van der Waals surface area contributed by atoms with E-state index in [1.54, 1.807) is 0 Å². The SMILES string of the molecule is CCCCCCCCCCCCCCCCCCOP(=O)(O)O.NC(CO)(CO)CO. The van der Waals surface area contributed by atoms with Crippen LogP contribution in [0.15, 0.2) is 0 Å². The van der Waals surface area contributed by atoms with Crippen molar-refractivity contribution in [2.75, 3.05) is 26.4 Å². The molecule has 0 unspecified atom stereocenters. The van der Waals surface area contributed by atoms with Crippen molar-refractivity contribution < 1.29 is 34.2 Å². The highest BCUT2D eigenvalue weighted by atomic mass is 31.2. The predicted octanol–water partition coefficient (Wildman–Crippen LogP) is 4.02. The third-order valence-electron chi connectivity index (χ3n) is 5.20. The molecule has 31 heavy (non-hydrogen) atoms.